The second kappa shape index (κ2) is 8.18. The lowest BCUT2D eigenvalue weighted by Crippen LogP contribution is -2.07. The number of hydrogen-bond acceptors (Lipinski definition) is 2. The van der Waals surface area contributed by atoms with Gasteiger partial charge in [-0.2, -0.15) is 0 Å². The van der Waals surface area contributed by atoms with Crippen LogP contribution in [0.5, 0.6) is 0 Å². The molecule has 2 rings (SSSR count). The first-order valence-corrected chi connectivity index (χ1v) is 7.70. The normalized spacial score (nSPS) is 10.2. The van der Waals surface area contributed by atoms with Crippen molar-refractivity contribution in [3.8, 4) is 0 Å². The molecule has 0 fully saturated rings. The van der Waals surface area contributed by atoms with Crippen LogP contribution in [0.15, 0.2) is 61.2 Å². The van der Waals surface area contributed by atoms with Crippen LogP contribution in [-0.2, 0) is 22.4 Å². The highest BCUT2D eigenvalue weighted by Crippen LogP contribution is 2.16. The monoisotopic (exact) mass is 294 g/mol. The summed E-state index contributed by atoms with van der Waals surface area (Å²) in [4.78, 5) is 11.8. The average Bonchev–Trinajstić information content (AvgIpc) is 2.58. The first-order chi connectivity index (χ1) is 10.7. The summed E-state index contributed by atoms with van der Waals surface area (Å²) in [5.74, 6) is -0.334. The highest BCUT2D eigenvalue weighted by Gasteiger charge is 2.10. The summed E-state index contributed by atoms with van der Waals surface area (Å²) in [6.07, 6.45) is 2.81. The molecule has 0 unspecified atom stereocenters. The highest BCUT2D eigenvalue weighted by atomic mass is 16.5. The lowest BCUT2D eigenvalue weighted by atomic mass is 10.0. The van der Waals surface area contributed by atoms with E-state index in [9.17, 15) is 4.79 Å². The van der Waals surface area contributed by atoms with E-state index in [4.69, 9.17) is 4.74 Å². The minimum absolute atomic E-state index is 0.334. The Balaban J connectivity index is 1.92. The Labute approximate surface area is 132 Å². The van der Waals surface area contributed by atoms with Crippen molar-refractivity contribution in [2.24, 2.45) is 0 Å². The Morgan fingerprint density at radius 2 is 1.55 bits per heavy atom. The van der Waals surface area contributed by atoms with E-state index in [0.717, 1.165) is 24.8 Å². The average molecular weight is 294 g/mol. The van der Waals surface area contributed by atoms with Gasteiger partial charge >= 0.3 is 5.97 Å². The van der Waals surface area contributed by atoms with Crippen LogP contribution < -0.4 is 0 Å². The standard InChI is InChI=1S/C20H22O2/c1-3-15-22-20(21)16(2)19-13-11-18(12-14-19)10-9-17-7-5-4-6-8-17/h4-8,11-14H,2-3,9-10,15H2,1H3. The molecule has 0 aliphatic heterocycles. The van der Waals surface area contributed by atoms with E-state index >= 15 is 0 Å². The summed E-state index contributed by atoms with van der Waals surface area (Å²) in [5, 5.41) is 0. The zero-order valence-electron chi connectivity index (χ0n) is 13.0. The van der Waals surface area contributed by atoms with Crippen LogP contribution in [0, 0.1) is 0 Å². The van der Waals surface area contributed by atoms with Gasteiger partial charge in [0.2, 0.25) is 0 Å². The van der Waals surface area contributed by atoms with Crippen LogP contribution in [0.2, 0.25) is 0 Å². The predicted octanol–water partition coefficient (Wildman–Crippen LogP) is 4.44. The van der Waals surface area contributed by atoms with Crippen LogP contribution in [0.1, 0.15) is 30.0 Å². The number of rotatable bonds is 7. The summed E-state index contributed by atoms with van der Waals surface area (Å²) < 4.78 is 5.10. The molecule has 0 saturated heterocycles. The van der Waals surface area contributed by atoms with E-state index in [1.165, 1.54) is 11.1 Å². The molecule has 0 aliphatic rings. The van der Waals surface area contributed by atoms with Gasteiger partial charge in [0.05, 0.1) is 12.2 Å². The van der Waals surface area contributed by atoms with Crippen LogP contribution in [0.25, 0.3) is 5.57 Å². The second-order valence-electron chi connectivity index (χ2n) is 5.30. The predicted molar refractivity (Wildman–Crippen MR) is 90.6 cm³/mol. The van der Waals surface area contributed by atoms with Crippen LogP contribution >= 0.6 is 0 Å². The van der Waals surface area contributed by atoms with Crippen LogP contribution in [0.4, 0.5) is 0 Å². The molecule has 114 valence electrons. The van der Waals surface area contributed by atoms with E-state index in [-0.39, 0.29) is 5.97 Å². The van der Waals surface area contributed by atoms with Crippen molar-refractivity contribution in [1.82, 2.24) is 0 Å². The van der Waals surface area contributed by atoms with Crippen molar-refractivity contribution in [3.63, 3.8) is 0 Å². The smallest absolute Gasteiger partial charge is 0.338 e. The third kappa shape index (κ3) is 4.59. The molecular formula is C20H22O2. The number of hydrogen-bond donors (Lipinski definition) is 0. The molecule has 0 aromatic heterocycles. The van der Waals surface area contributed by atoms with E-state index in [0.29, 0.717) is 12.2 Å². The molecule has 2 aromatic rings. The maximum atomic E-state index is 11.8. The van der Waals surface area contributed by atoms with Gasteiger partial charge in [0.15, 0.2) is 0 Å². The number of carbonyl (C=O) groups excluding carboxylic acids is 1. The van der Waals surface area contributed by atoms with E-state index in [1.54, 1.807) is 0 Å². The fraction of sp³-hybridized carbons (Fsp3) is 0.250. The van der Waals surface area contributed by atoms with Crippen molar-refractivity contribution in [2.45, 2.75) is 26.2 Å². The summed E-state index contributed by atoms with van der Waals surface area (Å²) in [5.41, 5.74) is 3.83. The molecule has 22 heavy (non-hydrogen) atoms. The van der Waals surface area contributed by atoms with Crippen LogP contribution in [-0.4, -0.2) is 12.6 Å². The Kier molecular flexibility index (Phi) is 5.96. The Hall–Kier alpha value is -2.35. The third-order valence-corrected chi connectivity index (χ3v) is 3.53. The van der Waals surface area contributed by atoms with E-state index in [1.807, 2.05) is 25.1 Å². The number of carbonyl (C=O) groups is 1. The summed E-state index contributed by atoms with van der Waals surface area (Å²) in [7, 11) is 0. The van der Waals surface area contributed by atoms with Crippen molar-refractivity contribution in [3.05, 3.63) is 77.9 Å². The van der Waals surface area contributed by atoms with Crippen molar-refractivity contribution >= 4 is 11.5 Å². The lowest BCUT2D eigenvalue weighted by molar-refractivity contribution is -0.136. The van der Waals surface area contributed by atoms with Gasteiger partial charge in [-0.3, -0.25) is 0 Å². The Morgan fingerprint density at radius 3 is 2.14 bits per heavy atom. The quantitative estimate of drug-likeness (QED) is 0.557. The first-order valence-electron chi connectivity index (χ1n) is 7.70. The van der Waals surface area contributed by atoms with Gasteiger partial charge in [0.1, 0.15) is 0 Å². The molecule has 0 atom stereocenters. The SMILES string of the molecule is C=C(C(=O)OCCC)c1ccc(CCc2ccccc2)cc1. The zero-order valence-corrected chi connectivity index (χ0v) is 13.0. The molecule has 0 spiro atoms. The van der Waals surface area contributed by atoms with Gasteiger partial charge in [0, 0.05) is 0 Å². The fourth-order valence-electron chi connectivity index (χ4n) is 2.21. The Morgan fingerprint density at radius 1 is 0.955 bits per heavy atom. The topological polar surface area (TPSA) is 26.3 Å². The van der Waals surface area contributed by atoms with Crippen LogP contribution in [0.3, 0.4) is 0 Å². The first kappa shape index (κ1) is 16.0. The van der Waals surface area contributed by atoms with Gasteiger partial charge in [-0.1, -0.05) is 68.1 Å². The van der Waals surface area contributed by atoms with Crippen molar-refractivity contribution in [1.29, 1.82) is 0 Å². The van der Waals surface area contributed by atoms with Gasteiger partial charge in [-0.05, 0) is 36.0 Å². The molecular weight excluding hydrogens is 272 g/mol. The third-order valence-electron chi connectivity index (χ3n) is 3.53. The van der Waals surface area contributed by atoms with Crippen molar-refractivity contribution < 1.29 is 9.53 Å². The molecule has 2 nitrogen and oxygen atoms in total. The van der Waals surface area contributed by atoms with Gasteiger partial charge in [-0.25, -0.2) is 4.79 Å². The number of benzene rings is 2. The molecule has 0 N–H and O–H groups in total. The minimum Gasteiger partial charge on any atom is -0.462 e. The highest BCUT2D eigenvalue weighted by molar-refractivity contribution is 6.15. The molecule has 0 bridgehead atoms. The summed E-state index contributed by atoms with van der Waals surface area (Å²) in [6.45, 7) is 6.23. The van der Waals surface area contributed by atoms with Gasteiger partial charge in [0.25, 0.3) is 0 Å². The maximum absolute atomic E-state index is 11.8. The summed E-state index contributed by atoms with van der Waals surface area (Å²) >= 11 is 0. The molecule has 2 aromatic carbocycles. The van der Waals surface area contributed by atoms with Gasteiger partial charge < -0.3 is 4.74 Å². The second-order valence-corrected chi connectivity index (χ2v) is 5.30. The number of ether oxygens (including phenoxy) is 1. The van der Waals surface area contributed by atoms with E-state index < -0.39 is 0 Å². The van der Waals surface area contributed by atoms with E-state index in [2.05, 4.69) is 43.0 Å². The fourth-order valence-corrected chi connectivity index (χ4v) is 2.21. The largest absolute Gasteiger partial charge is 0.462 e. The molecule has 0 amide bonds. The number of esters is 1. The molecule has 0 saturated carbocycles. The Bertz CT molecular complexity index is 612. The molecule has 0 radical (unpaired) electrons. The molecule has 0 aliphatic carbocycles. The summed E-state index contributed by atoms with van der Waals surface area (Å²) in [6, 6.07) is 18.4. The number of aryl methyl sites for hydroxylation is 2. The van der Waals surface area contributed by atoms with Crippen molar-refractivity contribution in [2.75, 3.05) is 6.61 Å². The molecule has 2 heteroatoms. The minimum atomic E-state index is -0.334. The molecule has 0 heterocycles. The zero-order chi connectivity index (χ0) is 15.8. The maximum Gasteiger partial charge on any atom is 0.338 e. The van der Waals surface area contributed by atoms with Gasteiger partial charge in [-0.15, -0.1) is 0 Å². The lowest BCUT2D eigenvalue weighted by Gasteiger charge is -2.07.